The van der Waals surface area contributed by atoms with Gasteiger partial charge in [0.1, 0.15) is 11.3 Å². The van der Waals surface area contributed by atoms with E-state index in [0.29, 0.717) is 17.9 Å². The second-order valence-electron chi connectivity index (χ2n) is 7.54. The van der Waals surface area contributed by atoms with Gasteiger partial charge in [0, 0.05) is 38.5 Å². The molecule has 0 amide bonds. The van der Waals surface area contributed by atoms with E-state index in [1.54, 1.807) is 10.9 Å². The fraction of sp³-hybridized carbons (Fsp3) is 0.500. The lowest BCUT2D eigenvalue weighted by Gasteiger charge is -2.43. The molecule has 0 atom stereocenters. The number of nitrogens with zero attached hydrogens (tertiary/aromatic N) is 3. The number of hydrogen-bond acceptors (Lipinski definition) is 4. The first-order chi connectivity index (χ1) is 12.1. The first-order valence-corrected chi connectivity index (χ1v) is 9.12. The molecule has 1 aromatic heterocycles. The van der Waals surface area contributed by atoms with E-state index in [-0.39, 0.29) is 17.4 Å². The number of rotatable bonds is 3. The molecule has 2 aliphatic heterocycles. The number of hydrogen-bond donors (Lipinski definition) is 0. The first kappa shape index (κ1) is 16.3. The SMILES string of the molecule is CC(C)n1ncc2c1C(=O)CC1(CCN(Cc3ccccc3)CC1)O2. The van der Waals surface area contributed by atoms with Crippen LogP contribution in [-0.2, 0) is 6.54 Å². The van der Waals surface area contributed by atoms with Crippen molar-refractivity contribution in [2.75, 3.05) is 13.1 Å². The van der Waals surface area contributed by atoms with Crippen LogP contribution in [0.15, 0.2) is 36.5 Å². The van der Waals surface area contributed by atoms with E-state index < -0.39 is 0 Å². The number of aromatic nitrogens is 2. The molecule has 0 bridgehead atoms. The molecule has 5 nitrogen and oxygen atoms in total. The molecule has 1 saturated heterocycles. The lowest BCUT2D eigenvalue weighted by molar-refractivity contribution is -0.0113. The second-order valence-corrected chi connectivity index (χ2v) is 7.54. The van der Waals surface area contributed by atoms with Crippen LogP contribution in [0.25, 0.3) is 0 Å². The minimum absolute atomic E-state index is 0.165. The topological polar surface area (TPSA) is 47.4 Å². The fourth-order valence-electron chi connectivity index (χ4n) is 3.96. The van der Waals surface area contributed by atoms with Crippen LogP contribution >= 0.6 is 0 Å². The van der Waals surface area contributed by atoms with E-state index >= 15 is 0 Å². The third-order valence-corrected chi connectivity index (χ3v) is 5.34. The maximum atomic E-state index is 12.8. The third kappa shape index (κ3) is 3.09. The quantitative estimate of drug-likeness (QED) is 0.859. The zero-order chi connectivity index (χ0) is 17.4. The van der Waals surface area contributed by atoms with Gasteiger partial charge in [-0.25, -0.2) is 0 Å². The number of Topliss-reactive ketones (excluding diaryl/α,β-unsaturated/α-hetero) is 1. The Labute approximate surface area is 148 Å². The van der Waals surface area contributed by atoms with Gasteiger partial charge in [-0.15, -0.1) is 0 Å². The van der Waals surface area contributed by atoms with Gasteiger partial charge in [-0.05, 0) is 19.4 Å². The number of ether oxygens (including phenoxy) is 1. The van der Waals surface area contributed by atoms with Gasteiger partial charge in [-0.2, -0.15) is 5.10 Å². The standard InChI is InChI=1S/C20H25N3O2/c1-15(2)23-19-17(24)12-20(25-18(19)13-21-23)8-10-22(11-9-20)14-16-6-4-3-5-7-16/h3-7,13,15H,8-12,14H2,1-2H3. The van der Waals surface area contributed by atoms with Crippen LogP contribution in [0.4, 0.5) is 0 Å². The molecule has 0 N–H and O–H groups in total. The molecular weight excluding hydrogens is 314 g/mol. The van der Waals surface area contributed by atoms with Crippen molar-refractivity contribution >= 4 is 5.78 Å². The van der Waals surface area contributed by atoms with Gasteiger partial charge in [-0.3, -0.25) is 14.4 Å². The van der Waals surface area contributed by atoms with Crippen molar-refractivity contribution < 1.29 is 9.53 Å². The summed E-state index contributed by atoms with van der Waals surface area (Å²) in [5.41, 5.74) is 1.63. The highest BCUT2D eigenvalue weighted by atomic mass is 16.5. The van der Waals surface area contributed by atoms with Gasteiger partial charge in [0.05, 0.1) is 12.6 Å². The van der Waals surface area contributed by atoms with Crippen molar-refractivity contribution in [3.8, 4) is 5.75 Å². The minimum atomic E-state index is -0.345. The first-order valence-electron chi connectivity index (χ1n) is 9.12. The van der Waals surface area contributed by atoms with Gasteiger partial charge in [0.2, 0.25) is 0 Å². The minimum Gasteiger partial charge on any atom is -0.483 e. The Morgan fingerprint density at radius 3 is 2.60 bits per heavy atom. The molecule has 0 saturated carbocycles. The second kappa shape index (κ2) is 6.30. The van der Waals surface area contributed by atoms with Gasteiger partial charge < -0.3 is 4.74 Å². The summed E-state index contributed by atoms with van der Waals surface area (Å²) in [6.45, 7) is 6.94. The highest BCUT2D eigenvalue weighted by Crippen LogP contribution is 2.40. The fourth-order valence-corrected chi connectivity index (χ4v) is 3.96. The monoisotopic (exact) mass is 339 g/mol. The maximum Gasteiger partial charge on any atom is 0.188 e. The van der Waals surface area contributed by atoms with Crippen molar-refractivity contribution in [2.45, 2.75) is 51.3 Å². The Morgan fingerprint density at radius 2 is 1.92 bits per heavy atom. The molecule has 1 spiro atoms. The summed E-state index contributed by atoms with van der Waals surface area (Å²) in [6.07, 6.45) is 3.96. The summed E-state index contributed by atoms with van der Waals surface area (Å²) in [5, 5.41) is 4.36. The van der Waals surface area contributed by atoms with Gasteiger partial charge in [0.15, 0.2) is 11.5 Å². The molecule has 0 aliphatic carbocycles. The Balaban J connectivity index is 1.45. The molecule has 4 rings (SSSR count). The highest BCUT2D eigenvalue weighted by molar-refractivity contribution is 5.98. The Hall–Kier alpha value is -2.14. The zero-order valence-corrected chi connectivity index (χ0v) is 14.9. The van der Waals surface area contributed by atoms with E-state index in [2.05, 4.69) is 34.3 Å². The number of carbonyl (C=O) groups excluding carboxylic acids is 1. The molecule has 0 unspecified atom stereocenters. The van der Waals surface area contributed by atoms with Crippen LogP contribution in [0, 0.1) is 0 Å². The van der Waals surface area contributed by atoms with Crippen molar-refractivity contribution in [3.05, 3.63) is 47.8 Å². The Kier molecular flexibility index (Phi) is 4.12. The van der Waals surface area contributed by atoms with E-state index in [1.165, 1.54) is 5.56 Å². The van der Waals surface area contributed by atoms with Crippen LogP contribution in [0.1, 0.15) is 55.2 Å². The number of piperidine rings is 1. The van der Waals surface area contributed by atoms with Crippen molar-refractivity contribution in [3.63, 3.8) is 0 Å². The van der Waals surface area contributed by atoms with Gasteiger partial charge in [-0.1, -0.05) is 30.3 Å². The molecule has 2 aliphatic rings. The summed E-state index contributed by atoms with van der Waals surface area (Å²) in [6, 6.07) is 10.7. The van der Waals surface area contributed by atoms with Crippen molar-refractivity contribution in [2.24, 2.45) is 0 Å². The van der Waals surface area contributed by atoms with Crippen LogP contribution in [0.2, 0.25) is 0 Å². The molecular formula is C20H25N3O2. The number of carbonyl (C=O) groups is 1. The van der Waals surface area contributed by atoms with Gasteiger partial charge in [0.25, 0.3) is 0 Å². The van der Waals surface area contributed by atoms with Crippen LogP contribution in [0.5, 0.6) is 5.75 Å². The van der Waals surface area contributed by atoms with E-state index in [9.17, 15) is 4.79 Å². The third-order valence-electron chi connectivity index (χ3n) is 5.34. The molecule has 25 heavy (non-hydrogen) atoms. The smallest absolute Gasteiger partial charge is 0.188 e. The highest BCUT2D eigenvalue weighted by Gasteiger charge is 2.44. The summed E-state index contributed by atoms with van der Waals surface area (Å²) in [5.74, 6) is 0.838. The summed E-state index contributed by atoms with van der Waals surface area (Å²) < 4.78 is 8.12. The van der Waals surface area contributed by atoms with Crippen LogP contribution in [-0.4, -0.2) is 39.2 Å². The molecule has 2 aromatic rings. The van der Waals surface area contributed by atoms with Crippen LogP contribution in [0.3, 0.4) is 0 Å². The predicted octanol–water partition coefficient (Wildman–Crippen LogP) is 3.46. The average Bonchev–Trinajstić information content (AvgIpc) is 3.02. The Morgan fingerprint density at radius 1 is 1.20 bits per heavy atom. The molecule has 1 fully saturated rings. The Bertz CT molecular complexity index is 759. The number of ketones is 1. The largest absolute Gasteiger partial charge is 0.483 e. The normalized spacial score (nSPS) is 19.9. The van der Waals surface area contributed by atoms with Crippen molar-refractivity contribution in [1.82, 2.24) is 14.7 Å². The number of benzene rings is 1. The predicted molar refractivity (Wildman–Crippen MR) is 95.9 cm³/mol. The van der Waals surface area contributed by atoms with Crippen LogP contribution < -0.4 is 4.74 Å². The van der Waals surface area contributed by atoms with E-state index in [4.69, 9.17) is 4.74 Å². The molecule has 3 heterocycles. The lowest BCUT2D eigenvalue weighted by Crippen LogP contribution is -2.50. The molecule has 132 valence electrons. The van der Waals surface area contributed by atoms with E-state index in [0.717, 1.165) is 32.5 Å². The average molecular weight is 339 g/mol. The molecule has 5 heteroatoms. The summed E-state index contributed by atoms with van der Waals surface area (Å²) >= 11 is 0. The number of fused-ring (bicyclic) bond motifs is 1. The maximum absolute atomic E-state index is 12.8. The molecule has 1 aromatic carbocycles. The lowest BCUT2D eigenvalue weighted by atomic mass is 9.83. The zero-order valence-electron chi connectivity index (χ0n) is 14.9. The number of likely N-dealkylation sites (tertiary alicyclic amines) is 1. The summed E-state index contributed by atoms with van der Waals surface area (Å²) in [7, 11) is 0. The van der Waals surface area contributed by atoms with Gasteiger partial charge >= 0.3 is 0 Å². The van der Waals surface area contributed by atoms with E-state index in [1.807, 2.05) is 19.9 Å². The molecule has 0 radical (unpaired) electrons. The van der Waals surface area contributed by atoms with Crippen molar-refractivity contribution in [1.29, 1.82) is 0 Å². The summed E-state index contributed by atoms with van der Waals surface area (Å²) in [4.78, 5) is 15.2.